The molecule has 0 aromatic carbocycles. The third-order valence-corrected chi connectivity index (χ3v) is 4.05. The van der Waals surface area contributed by atoms with Crippen LogP contribution in [-0.4, -0.2) is 35.1 Å². The van der Waals surface area contributed by atoms with Gasteiger partial charge in [0, 0.05) is 12.6 Å². The van der Waals surface area contributed by atoms with Crippen molar-refractivity contribution in [2.24, 2.45) is 0 Å². The molecule has 1 aliphatic heterocycles. The molecule has 1 fully saturated rings. The molecule has 0 unspecified atom stereocenters. The van der Waals surface area contributed by atoms with Gasteiger partial charge in [0.25, 0.3) is 5.56 Å². The maximum absolute atomic E-state index is 12.3. The van der Waals surface area contributed by atoms with Crippen molar-refractivity contribution in [3.8, 4) is 0 Å². The fourth-order valence-electron chi connectivity index (χ4n) is 2.25. The lowest BCUT2D eigenvalue weighted by Gasteiger charge is -2.13. The van der Waals surface area contributed by atoms with Crippen molar-refractivity contribution in [3.05, 3.63) is 21.0 Å². The SMILES string of the molecule is O=c1c(Br)c(NCC[C@H]2CCCN2)cnn1CC(F)(F)F. The van der Waals surface area contributed by atoms with Crippen LogP contribution in [0.15, 0.2) is 15.5 Å². The summed E-state index contributed by atoms with van der Waals surface area (Å²) in [5.41, 5.74) is -0.382. The van der Waals surface area contributed by atoms with Crippen LogP contribution < -0.4 is 16.2 Å². The first-order valence-corrected chi connectivity index (χ1v) is 7.46. The predicted molar refractivity (Wildman–Crippen MR) is 76.4 cm³/mol. The van der Waals surface area contributed by atoms with E-state index in [9.17, 15) is 18.0 Å². The van der Waals surface area contributed by atoms with Crippen molar-refractivity contribution in [1.82, 2.24) is 15.1 Å². The quantitative estimate of drug-likeness (QED) is 0.835. The lowest BCUT2D eigenvalue weighted by atomic mass is 10.1. The number of aromatic nitrogens is 2. The van der Waals surface area contributed by atoms with Gasteiger partial charge in [-0.15, -0.1) is 0 Å². The van der Waals surface area contributed by atoms with Gasteiger partial charge in [-0.25, -0.2) is 4.68 Å². The third kappa shape index (κ3) is 4.70. The minimum absolute atomic E-state index is 0.0705. The van der Waals surface area contributed by atoms with Crippen LogP contribution in [0, 0.1) is 0 Å². The number of hydrogen-bond acceptors (Lipinski definition) is 4. The zero-order valence-corrected chi connectivity index (χ0v) is 12.8. The summed E-state index contributed by atoms with van der Waals surface area (Å²) in [5.74, 6) is 0. The van der Waals surface area contributed by atoms with Crippen LogP contribution in [0.25, 0.3) is 0 Å². The van der Waals surface area contributed by atoms with Crippen LogP contribution in [0.2, 0.25) is 0 Å². The first-order chi connectivity index (χ1) is 9.87. The highest BCUT2D eigenvalue weighted by Gasteiger charge is 2.29. The van der Waals surface area contributed by atoms with E-state index in [0.29, 0.717) is 23.0 Å². The third-order valence-electron chi connectivity index (χ3n) is 3.28. The molecule has 1 saturated heterocycles. The molecule has 1 atom stereocenters. The van der Waals surface area contributed by atoms with Crippen LogP contribution in [0.1, 0.15) is 19.3 Å². The molecule has 2 rings (SSSR count). The van der Waals surface area contributed by atoms with Gasteiger partial charge in [0.2, 0.25) is 0 Å². The van der Waals surface area contributed by atoms with Crippen molar-refractivity contribution in [1.29, 1.82) is 0 Å². The Balaban J connectivity index is 1.97. The topological polar surface area (TPSA) is 59.0 Å². The highest BCUT2D eigenvalue weighted by molar-refractivity contribution is 9.10. The molecule has 0 aliphatic carbocycles. The summed E-state index contributed by atoms with van der Waals surface area (Å²) in [5, 5.41) is 9.92. The highest BCUT2D eigenvalue weighted by Crippen LogP contribution is 2.19. The number of alkyl halides is 3. The molecule has 1 aromatic heterocycles. The molecule has 0 radical (unpaired) electrons. The Bertz CT molecular complexity index is 540. The van der Waals surface area contributed by atoms with Gasteiger partial charge in [-0.3, -0.25) is 4.79 Å². The van der Waals surface area contributed by atoms with Gasteiger partial charge in [-0.05, 0) is 41.7 Å². The first-order valence-electron chi connectivity index (χ1n) is 6.66. The smallest absolute Gasteiger partial charge is 0.383 e. The second-order valence-corrected chi connectivity index (χ2v) is 5.75. The molecule has 118 valence electrons. The summed E-state index contributed by atoms with van der Waals surface area (Å²) in [6, 6.07) is 0.454. The van der Waals surface area contributed by atoms with Gasteiger partial charge in [0.05, 0.1) is 11.9 Å². The fourth-order valence-corrected chi connectivity index (χ4v) is 2.70. The summed E-state index contributed by atoms with van der Waals surface area (Å²) in [7, 11) is 0. The van der Waals surface area contributed by atoms with E-state index in [4.69, 9.17) is 0 Å². The van der Waals surface area contributed by atoms with Crippen molar-refractivity contribution < 1.29 is 13.2 Å². The van der Waals surface area contributed by atoms with Gasteiger partial charge in [0.15, 0.2) is 0 Å². The average molecular weight is 369 g/mol. The molecule has 5 nitrogen and oxygen atoms in total. The molecule has 0 spiro atoms. The number of rotatable bonds is 5. The van der Waals surface area contributed by atoms with Gasteiger partial charge in [-0.2, -0.15) is 18.3 Å². The molecular weight excluding hydrogens is 353 g/mol. The number of anilines is 1. The molecule has 9 heteroatoms. The largest absolute Gasteiger partial charge is 0.408 e. The average Bonchev–Trinajstić information content (AvgIpc) is 2.89. The zero-order valence-electron chi connectivity index (χ0n) is 11.2. The Morgan fingerprint density at radius 2 is 2.29 bits per heavy atom. The Labute approximate surface area is 128 Å². The van der Waals surface area contributed by atoms with Gasteiger partial charge >= 0.3 is 6.18 Å². The lowest BCUT2D eigenvalue weighted by molar-refractivity contribution is -0.143. The number of hydrogen-bond donors (Lipinski definition) is 2. The van der Waals surface area contributed by atoms with E-state index in [1.54, 1.807) is 0 Å². The summed E-state index contributed by atoms with van der Waals surface area (Å²) < 4.78 is 37.3. The maximum Gasteiger partial charge on any atom is 0.408 e. The molecule has 0 saturated carbocycles. The number of nitrogens with zero attached hydrogens (tertiary/aromatic N) is 2. The zero-order chi connectivity index (χ0) is 15.5. The molecule has 2 N–H and O–H groups in total. The Kier molecular flexibility index (Phi) is 5.26. The second-order valence-electron chi connectivity index (χ2n) is 4.96. The van der Waals surface area contributed by atoms with E-state index in [0.717, 1.165) is 25.8 Å². The minimum atomic E-state index is -4.47. The summed E-state index contributed by atoms with van der Waals surface area (Å²) in [6.07, 6.45) is -0.0750. The first kappa shape index (κ1) is 16.3. The van der Waals surface area contributed by atoms with Crippen LogP contribution in [0.3, 0.4) is 0 Å². The van der Waals surface area contributed by atoms with Crippen molar-refractivity contribution in [2.45, 2.75) is 38.0 Å². The number of nitrogens with one attached hydrogen (secondary N) is 2. The summed E-state index contributed by atoms with van der Waals surface area (Å²) in [4.78, 5) is 11.8. The molecule has 1 aromatic rings. The monoisotopic (exact) mass is 368 g/mol. The summed E-state index contributed by atoms with van der Waals surface area (Å²) in [6.45, 7) is 0.251. The predicted octanol–water partition coefficient (Wildman–Crippen LogP) is 2.12. The maximum atomic E-state index is 12.3. The van der Waals surface area contributed by atoms with Crippen molar-refractivity contribution in [2.75, 3.05) is 18.4 Å². The standard InChI is InChI=1S/C12H16BrF3N4O/c13-10-9(18-5-3-8-2-1-4-17-8)6-19-20(11(10)21)7-12(14,15)16/h6,8,17-18H,1-5,7H2/t8-/m1/s1. The molecule has 0 bridgehead atoms. The van der Waals surface area contributed by atoms with Crippen molar-refractivity contribution in [3.63, 3.8) is 0 Å². The van der Waals surface area contributed by atoms with Gasteiger partial charge in [0.1, 0.15) is 11.0 Å². The normalized spacial score (nSPS) is 19.0. The second kappa shape index (κ2) is 6.78. The van der Waals surface area contributed by atoms with E-state index >= 15 is 0 Å². The van der Waals surface area contributed by atoms with E-state index in [1.165, 1.54) is 6.20 Å². The summed E-state index contributed by atoms with van der Waals surface area (Å²) >= 11 is 3.03. The van der Waals surface area contributed by atoms with E-state index in [2.05, 4.69) is 31.7 Å². The Morgan fingerprint density at radius 3 is 2.90 bits per heavy atom. The van der Waals surface area contributed by atoms with Crippen LogP contribution in [-0.2, 0) is 6.54 Å². The van der Waals surface area contributed by atoms with Gasteiger partial charge < -0.3 is 10.6 Å². The van der Waals surface area contributed by atoms with Crippen LogP contribution in [0.4, 0.5) is 18.9 Å². The Hall–Kier alpha value is -1.09. The highest BCUT2D eigenvalue weighted by atomic mass is 79.9. The van der Waals surface area contributed by atoms with Crippen LogP contribution in [0.5, 0.6) is 0 Å². The van der Waals surface area contributed by atoms with E-state index in [-0.39, 0.29) is 4.47 Å². The lowest BCUT2D eigenvalue weighted by Crippen LogP contribution is -2.31. The minimum Gasteiger partial charge on any atom is -0.383 e. The molecular formula is C12H16BrF3N4O. The molecule has 0 amide bonds. The van der Waals surface area contributed by atoms with Crippen LogP contribution >= 0.6 is 15.9 Å². The van der Waals surface area contributed by atoms with Crippen molar-refractivity contribution >= 4 is 21.6 Å². The van der Waals surface area contributed by atoms with E-state index < -0.39 is 18.3 Å². The molecule has 21 heavy (non-hydrogen) atoms. The fraction of sp³-hybridized carbons (Fsp3) is 0.667. The molecule has 2 heterocycles. The molecule has 1 aliphatic rings. The number of halogens is 4. The Morgan fingerprint density at radius 1 is 1.52 bits per heavy atom. The van der Waals surface area contributed by atoms with E-state index in [1.807, 2.05) is 0 Å². The van der Waals surface area contributed by atoms with Gasteiger partial charge in [-0.1, -0.05) is 0 Å².